The third kappa shape index (κ3) is 2.89. The van der Waals surface area contributed by atoms with E-state index in [1.807, 2.05) is 17.5 Å². The Morgan fingerprint density at radius 3 is 2.60 bits per heavy atom. The number of hydrogen-bond acceptors (Lipinski definition) is 2. The van der Waals surface area contributed by atoms with Crippen molar-refractivity contribution < 1.29 is 0 Å². The Labute approximate surface area is 102 Å². The molecule has 0 spiro atoms. The van der Waals surface area contributed by atoms with Crippen molar-refractivity contribution in [2.75, 3.05) is 0 Å². The first kappa shape index (κ1) is 10.8. The molecule has 0 amide bonds. The van der Waals surface area contributed by atoms with E-state index in [4.69, 9.17) is 0 Å². The van der Waals surface area contributed by atoms with Crippen LogP contribution in [0.3, 0.4) is 0 Å². The molecule has 1 heterocycles. The Kier molecular flexibility index (Phi) is 3.54. The minimum Gasteiger partial charge on any atom is -0.249 e. The Morgan fingerprint density at radius 1 is 1.27 bits per heavy atom. The van der Waals surface area contributed by atoms with Crippen molar-refractivity contribution in [3.05, 3.63) is 50.4 Å². The van der Waals surface area contributed by atoms with Crippen LogP contribution in [0.1, 0.15) is 22.4 Å². The molecule has 0 radical (unpaired) electrons. The molecule has 0 atom stereocenters. The molecule has 3 heteroatoms. The van der Waals surface area contributed by atoms with E-state index in [2.05, 4.69) is 52.1 Å². The molecule has 1 aromatic carbocycles. The van der Waals surface area contributed by atoms with E-state index < -0.39 is 0 Å². The van der Waals surface area contributed by atoms with E-state index in [0.29, 0.717) is 0 Å². The van der Waals surface area contributed by atoms with Gasteiger partial charge < -0.3 is 0 Å². The summed E-state index contributed by atoms with van der Waals surface area (Å²) in [6, 6.07) is 8.42. The van der Waals surface area contributed by atoms with Gasteiger partial charge in [0.25, 0.3) is 0 Å². The fourth-order valence-corrected chi connectivity index (χ4v) is 2.53. The lowest BCUT2D eigenvalue weighted by Crippen LogP contribution is -1.85. The zero-order valence-electron chi connectivity index (χ0n) is 8.53. The summed E-state index contributed by atoms with van der Waals surface area (Å²) in [6.07, 6.45) is 4.01. The van der Waals surface area contributed by atoms with Crippen LogP contribution in [-0.4, -0.2) is 4.98 Å². The molecular weight excluding hydrogens is 270 g/mol. The van der Waals surface area contributed by atoms with Crippen molar-refractivity contribution in [2.24, 2.45) is 0 Å². The highest BCUT2D eigenvalue weighted by molar-refractivity contribution is 9.10. The summed E-state index contributed by atoms with van der Waals surface area (Å²) < 4.78 is 1.12. The topological polar surface area (TPSA) is 12.9 Å². The second-order valence-corrected chi connectivity index (χ2v) is 5.49. The van der Waals surface area contributed by atoms with Crippen LogP contribution in [0.5, 0.6) is 0 Å². The van der Waals surface area contributed by atoms with Gasteiger partial charge in [0.1, 0.15) is 0 Å². The first-order chi connectivity index (χ1) is 7.28. The third-order valence-electron chi connectivity index (χ3n) is 2.22. The van der Waals surface area contributed by atoms with Crippen molar-refractivity contribution in [2.45, 2.75) is 19.8 Å². The van der Waals surface area contributed by atoms with Gasteiger partial charge in [-0.1, -0.05) is 35.0 Å². The van der Waals surface area contributed by atoms with E-state index in [9.17, 15) is 0 Å². The number of aromatic nitrogens is 1. The van der Waals surface area contributed by atoms with Crippen LogP contribution in [0.15, 0.2) is 34.9 Å². The number of halogens is 1. The number of thiazole rings is 1. The SMILES string of the molecule is CCc1cnc(Cc2ccc(Br)cc2)s1. The highest BCUT2D eigenvalue weighted by Gasteiger charge is 2.01. The van der Waals surface area contributed by atoms with Crippen LogP contribution in [-0.2, 0) is 12.8 Å². The number of nitrogens with zero attached hydrogens (tertiary/aromatic N) is 1. The highest BCUT2D eigenvalue weighted by atomic mass is 79.9. The maximum atomic E-state index is 4.41. The standard InChI is InChI=1S/C12H12BrNS/c1-2-11-8-14-12(15-11)7-9-3-5-10(13)6-4-9/h3-6,8H,2,7H2,1H3. The summed E-state index contributed by atoms with van der Waals surface area (Å²) in [5, 5.41) is 1.20. The molecular formula is C12H12BrNS. The molecule has 0 aliphatic heterocycles. The average molecular weight is 282 g/mol. The molecule has 15 heavy (non-hydrogen) atoms. The Balaban J connectivity index is 2.11. The lowest BCUT2D eigenvalue weighted by Gasteiger charge is -1.97. The molecule has 1 aromatic heterocycles. The van der Waals surface area contributed by atoms with Gasteiger partial charge in [-0.15, -0.1) is 11.3 Å². The molecule has 2 aromatic rings. The van der Waals surface area contributed by atoms with E-state index in [1.165, 1.54) is 15.4 Å². The van der Waals surface area contributed by atoms with Crippen molar-refractivity contribution in [1.82, 2.24) is 4.98 Å². The summed E-state index contributed by atoms with van der Waals surface area (Å²) in [5.41, 5.74) is 1.32. The van der Waals surface area contributed by atoms with E-state index in [0.717, 1.165) is 17.3 Å². The van der Waals surface area contributed by atoms with Crippen molar-refractivity contribution in [1.29, 1.82) is 0 Å². The Bertz CT molecular complexity index is 433. The third-order valence-corrected chi connectivity index (χ3v) is 3.89. The lowest BCUT2D eigenvalue weighted by atomic mass is 10.2. The zero-order valence-corrected chi connectivity index (χ0v) is 10.9. The first-order valence-electron chi connectivity index (χ1n) is 4.96. The van der Waals surface area contributed by atoms with Crippen LogP contribution < -0.4 is 0 Å². The van der Waals surface area contributed by atoms with Gasteiger partial charge in [0.15, 0.2) is 0 Å². The maximum Gasteiger partial charge on any atom is 0.0971 e. The number of rotatable bonds is 3. The minimum atomic E-state index is 0.942. The van der Waals surface area contributed by atoms with Gasteiger partial charge in [-0.25, -0.2) is 4.98 Å². The number of aryl methyl sites for hydroxylation is 1. The van der Waals surface area contributed by atoms with Crippen molar-refractivity contribution in [3.8, 4) is 0 Å². The number of benzene rings is 1. The predicted octanol–water partition coefficient (Wildman–Crippen LogP) is 4.06. The maximum absolute atomic E-state index is 4.41. The van der Waals surface area contributed by atoms with Gasteiger partial charge in [0.05, 0.1) is 5.01 Å². The van der Waals surface area contributed by atoms with Gasteiger partial charge in [-0.2, -0.15) is 0 Å². The molecule has 0 N–H and O–H groups in total. The first-order valence-corrected chi connectivity index (χ1v) is 6.57. The van der Waals surface area contributed by atoms with E-state index >= 15 is 0 Å². The second-order valence-electron chi connectivity index (χ2n) is 3.38. The molecule has 0 bridgehead atoms. The van der Waals surface area contributed by atoms with Gasteiger partial charge in [0, 0.05) is 22.0 Å². The van der Waals surface area contributed by atoms with E-state index in [-0.39, 0.29) is 0 Å². The van der Waals surface area contributed by atoms with Gasteiger partial charge in [-0.05, 0) is 24.1 Å². The van der Waals surface area contributed by atoms with Crippen LogP contribution in [0, 0.1) is 0 Å². The molecule has 2 rings (SSSR count). The van der Waals surface area contributed by atoms with Crippen molar-refractivity contribution >= 4 is 27.3 Å². The summed E-state index contributed by atoms with van der Waals surface area (Å²) in [6.45, 7) is 2.16. The molecule has 0 fully saturated rings. The van der Waals surface area contributed by atoms with Gasteiger partial charge in [-0.3, -0.25) is 0 Å². The lowest BCUT2D eigenvalue weighted by molar-refractivity contribution is 1.12. The smallest absolute Gasteiger partial charge is 0.0971 e. The van der Waals surface area contributed by atoms with Crippen LogP contribution >= 0.6 is 27.3 Å². The molecule has 0 aliphatic rings. The molecule has 0 saturated heterocycles. The minimum absolute atomic E-state index is 0.942. The number of hydrogen-bond donors (Lipinski definition) is 0. The van der Waals surface area contributed by atoms with Crippen molar-refractivity contribution in [3.63, 3.8) is 0 Å². The predicted molar refractivity (Wildman–Crippen MR) is 68.4 cm³/mol. The largest absolute Gasteiger partial charge is 0.249 e. The van der Waals surface area contributed by atoms with E-state index in [1.54, 1.807) is 0 Å². The Morgan fingerprint density at radius 2 is 2.00 bits per heavy atom. The fraction of sp³-hybridized carbons (Fsp3) is 0.250. The fourth-order valence-electron chi connectivity index (χ4n) is 1.37. The second kappa shape index (κ2) is 4.90. The summed E-state index contributed by atoms with van der Waals surface area (Å²) in [7, 11) is 0. The molecule has 0 unspecified atom stereocenters. The summed E-state index contributed by atoms with van der Waals surface area (Å²) in [5.74, 6) is 0. The molecule has 0 aliphatic carbocycles. The normalized spacial score (nSPS) is 10.5. The molecule has 0 saturated carbocycles. The Hall–Kier alpha value is -0.670. The average Bonchev–Trinajstić information content (AvgIpc) is 2.69. The van der Waals surface area contributed by atoms with Crippen LogP contribution in [0.2, 0.25) is 0 Å². The monoisotopic (exact) mass is 281 g/mol. The van der Waals surface area contributed by atoms with Crippen LogP contribution in [0.25, 0.3) is 0 Å². The zero-order chi connectivity index (χ0) is 10.7. The quantitative estimate of drug-likeness (QED) is 0.827. The highest BCUT2D eigenvalue weighted by Crippen LogP contribution is 2.18. The summed E-state index contributed by atoms with van der Waals surface area (Å²) in [4.78, 5) is 5.77. The van der Waals surface area contributed by atoms with Crippen LogP contribution in [0.4, 0.5) is 0 Å². The molecule has 78 valence electrons. The molecule has 1 nitrogen and oxygen atoms in total. The summed E-state index contributed by atoms with van der Waals surface area (Å²) >= 11 is 5.24. The van der Waals surface area contributed by atoms with Gasteiger partial charge in [0.2, 0.25) is 0 Å². The van der Waals surface area contributed by atoms with Gasteiger partial charge >= 0.3 is 0 Å².